The van der Waals surface area contributed by atoms with Crippen molar-refractivity contribution in [1.29, 1.82) is 0 Å². The molecule has 0 aromatic heterocycles. The van der Waals surface area contributed by atoms with Crippen molar-refractivity contribution in [2.24, 2.45) is 0 Å². The molecular formula is C17H18O7S. The van der Waals surface area contributed by atoms with Gasteiger partial charge in [-0.3, -0.25) is 14.1 Å². The number of benzene rings is 2. The van der Waals surface area contributed by atoms with E-state index in [0.717, 1.165) is 0 Å². The van der Waals surface area contributed by atoms with Gasteiger partial charge in [-0.15, -0.1) is 0 Å². The van der Waals surface area contributed by atoms with Crippen LogP contribution in [0.4, 0.5) is 0 Å². The predicted molar refractivity (Wildman–Crippen MR) is 92.7 cm³/mol. The van der Waals surface area contributed by atoms with Gasteiger partial charge in [0.1, 0.15) is 6.61 Å². The maximum atomic E-state index is 11.0. The lowest BCUT2D eigenvalue weighted by Gasteiger charge is -2.09. The Morgan fingerprint density at radius 2 is 1.52 bits per heavy atom. The molecule has 134 valence electrons. The average Bonchev–Trinajstić information content (AvgIpc) is 2.57. The first kappa shape index (κ1) is 20.3. The maximum absolute atomic E-state index is 11.0. The summed E-state index contributed by atoms with van der Waals surface area (Å²) < 4.78 is 34.2. The average molecular weight is 366 g/mol. The van der Waals surface area contributed by atoms with Crippen LogP contribution in [0.15, 0.2) is 61.2 Å². The number of fused-ring (bicyclic) bond motifs is 1. The molecule has 0 saturated carbocycles. The molecule has 1 atom stereocenters. The molecule has 7 nitrogen and oxygen atoms in total. The van der Waals surface area contributed by atoms with Crippen LogP contribution >= 0.6 is 0 Å². The standard InChI is InChI=1S/C10H8.C7H10O7S/c1-2-6-10-8-4-3-7-9(10)5-1;1-2-3-14-7(10)5(4-6(8)9)15(11,12)13/h1-8H;2,5H,1,3-4H2,(H,8,9)(H,11,12,13). The molecule has 8 heteroatoms. The zero-order chi connectivity index (χ0) is 18.9. The molecule has 2 aromatic rings. The Balaban J connectivity index is 0.000000267. The number of carboxylic acids is 1. The molecule has 0 aliphatic rings. The van der Waals surface area contributed by atoms with Crippen molar-refractivity contribution in [1.82, 2.24) is 0 Å². The zero-order valence-electron chi connectivity index (χ0n) is 13.2. The van der Waals surface area contributed by atoms with E-state index in [9.17, 15) is 18.0 Å². The van der Waals surface area contributed by atoms with Crippen molar-refractivity contribution in [3.63, 3.8) is 0 Å². The second kappa shape index (κ2) is 9.55. The first-order valence-corrected chi connectivity index (χ1v) is 8.65. The summed E-state index contributed by atoms with van der Waals surface area (Å²) >= 11 is 0. The Labute approximate surface area is 145 Å². The first-order chi connectivity index (χ1) is 11.8. The third-order valence-electron chi connectivity index (χ3n) is 2.98. The number of carboxylic acid groups (broad SMARTS) is 1. The lowest BCUT2D eigenvalue weighted by molar-refractivity contribution is -0.146. The van der Waals surface area contributed by atoms with Gasteiger partial charge < -0.3 is 9.84 Å². The number of aliphatic carboxylic acids is 1. The number of esters is 1. The van der Waals surface area contributed by atoms with Gasteiger partial charge in [0.05, 0.1) is 6.42 Å². The number of hydrogen-bond donors (Lipinski definition) is 2. The molecule has 0 saturated heterocycles. The second-order valence-corrected chi connectivity index (χ2v) is 6.47. The minimum Gasteiger partial charge on any atom is -0.481 e. The fraction of sp³-hybridized carbons (Fsp3) is 0.176. The summed E-state index contributed by atoms with van der Waals surface area (Å²) in [7, 11) is -4.78. The Morgan fingerprint density at radius 3 is 1.84 bits per heavy atom. The van der Waals surface area contributed by atoms with E-state index >= 15 is 0 Å². The van der Waals surface area contributed by atoms with Crippen molar-refractivity contribution in [2.45, 2.75) is 11.7 Å². The zero-order valence-corrected chi connectivity index (χ0v) is 14.1. The molecule has 25 heavy (non-hydrogen) atoms. The Hall–Kier alpha value is -2.71. The van der Waals surface area contributed by atoms with E-state index in [1.165, 1.54) is 16.8 Å². The minimum absolute atomic E-state index is 0.259. The summed E-state index contributed by atoms with van der Waals surface area (Å²) in [6, 6.07) is 16.7. The number of hydrogen-bond acceptors (Lipinski definition) is 5. The molecule has 0 aliphatic carbocycles. The highest BCUT2D eigenvalue weighted by atomic mass is 32.2. The van der Waals surface area contributed by atoms with Crippen LogP contribution in [-0.2, 0) is 24.4 Å². The summed E-state index contributed by atoms with van der Waals surface area (Å²) in [4.78, 5) is 21.2. The molecule has 0 radical (unpaired) electrons. The summed E-state index contributed by atoms with van der Waals surface area (Å²) in [5, 5.41) is 8.84. The van der Waals surface area contributed by atoms with Crippen LogP contribution in [0, 0.1) is 0 Å². The molecule has 0 aliphatic heterocycles. The number of carbonyl (C=O) groups is 2. The topological polar surface area (TPSA) is 118 Å². The van der Waals surface area contributed by atoms with Crippen molar-refractivity contribution < 1.29 is 32.4 Å². The molecule has 0 bridgehead atoms. The largest absolute Gasteiger partial charge is 0.481 e. The monoisotopic (exact) mass is 366 g/mol. The number of carbonyl (C=O) groups excluding carboxylic acids is 1. The molecule has 2 aromatic carbocycles. The van der Waals surface area contributed by atoms with E-state index in [4.69, 9.17) is 9.66 Å². The highest BCUT2D eigenvalue weighted by Gasteiger charge is 2.34. The summed E-state index contributed by atoms with van der Waals surface area (Å²) in [5.41, 5.74) is 0. The van der Waals surface area contributed by atoms with Crippen LogP contribution in [-0.4, -0.2) is 41.9 Å². The van der Waals surface area contributed by atoms with E-state index in [0.29, 0.717) is 0 Å². The van der Waals surface area contributed by atoms with E-state index in [2.05, 4.69) is 59.8 Å². The van der Waals surface area contributed by atoms with Crippen molar-refractivity contribution in [2.75, 3.05) is 6.61 Å². The van der Waals surface area contributed by atoms with Crippen molar-refractivity contribution in [3.8, 4) is 0 Å². The van der Waals surface area contributed by atoms with Crippen LogP contribution < -0.4 is 0 Å². The molecule has 2 rings (SSSR count). The van der Waals surface area contributed by atoms with Crippen LogP contribution in [0.5, 0.6) is 0 Å². The van der Waals surface area contributed by atoms with Crippen LogP contribution in [0.2, 0.25) is 0 Å². The fourth-order valence-electron chi connectivity index (χ4n) is 1.84. The highest BCUT2D eigenvalue weighted by molar-refractivity contribution is 7.87. The lowest BCUT2D eigenvalue weighted by Crippen LogP contribution is -2.33. The molecule has 0 amide bonds. The smallest absolute Gasteiger partial charge is 0.327 e. The Bertz CT molecular complexity index is 777. The van der Waals surface area contributed by atoms with Crippen molar-refractivity contribution in [3.05, 3.63) is 61.2 Å². The fourth-order valence-corrected chi connectivity index (χ4v) is 2.50. The van der Waals surface area contributed by atoms with Crippen LogP contribution in [0.3, 0.4) is 0 Å². The van der Waals surface area contributed by atoms with E-state index in [1.807, 2.05) is 0 Å². The van der Waals surface area contributed by atoms with E-state index < -0.39 is 33.7 Å². The van der Waals surface area contributed by atoms with Gasteiger partial charge in [0.25, 0.3) is 10.1 Å². The lowest BCUT2D eigenvalue weighted by atomic mass is 10.1. The molecule has 2 N–H and O–H groups in total. The highest BCUT2D eigenvalue weighted by Crippen LogP contribution is 2.11. The van der Waals surface area contributed by atoms with Crippen LogP contribution in [0.1, 0.15) is 6.42 Å². The van der Waals surface area contributed by atoms with Crippen LogP contribution in [0.25, 0.3) is 10.8 Å². The third kappa shape index (κ3) is 7.15. The minimum atomic E-state index is -4.78. The normalized spacial score (nSPS) is 11.7. The molecular weight excluding hydrogens is 348 g/mol. The molecule has 0 fully saturated rings. The third-order valence-corrected chi connectivity index (χ3v) is 4.06. The second-order valence-electron chi connectivity index (χ2n) is 4.87. The van der Waals surface area contributed by atoms with Gasteiger partial charge >= 0.3 is 11.9 Å². The molecule has 0 heterocycles. The maximum Gasteiger partial charge on any atom is 0.327 e. The van der Waals surface area contributed by atoms with Gasteiger partial charge in [0.2, 0.25) is 0 Å². The van der Waals surface area contributed by atoms with Gasteiger partial charge in [-0.05, 0) is 10.8 Å². The summed E-state index contributed by atoms with van der Waals surface area (Å²) in [6.45, 7) is 2.95. The summed E-state index contributed by atoms with van der Waals surface area (Å²) in [5.74, 6) is -2.85. The molecule has 0 spiro atoms. The van der Waals surface area contributed by atoms with E-state index in [1.54, 1.807) is 0 Å². The Kier molecular flexibility index (Phi) is 7.77. The SMILES string of the molecule is C=CCOC(=O)C(CC(=O)O)S(=O)(=O)O.c1ccc2ccccc2c1. The first-order valence-electron chi connectivity index (χ1n) is 7.15. The quantitative estimate of drug-likeness (QED) is 0.457. The molecule has 1 unspecified atom stereocenters. The van der Waals surface area contributed by atoms with Crippen molar-refractivity contribution >= 4 is 32.8 Å². The van der Waals surface area contributed by atoms with E-state index in [-0.39, 0.29) is 6.61 Å². The van der Waals surface area contributed by atoms with Gasteiger partial charge in [-0.25, -0.2) is 0 Å². The summed E-state index contributed by atoms with van der Waals surface area (Å²) in [6.07, 6.45) is 0.133. The van der Waals surface area contributed by atoms with Gasteiger partial charge in [0.15, 0.2) is 5.25 Å². The van der Waals surface area contributed by atoms with Gasteiger partial charge in [-0.1, -0.05) is 61.2 Å². The number of rotatable bonds is 6. The predicted octanol–water partition coefficient (Wildman–Crippen LogP) is 2.29. The number of ether oxygens (including phenoxy) is 1. The van der Waals surface area contributed by atoms with Gasteiger partial charge in [-0.2, -0.15) is 8.42 Å². The Morgan fingerprint density at radius 1 is 1.08 bits per heavy atom. The van der Waals surface area contributed by atoms with Gasteiger partial charge in [0, 0.05) is 0 Å².